The molecule has 3 aliphatic rings. The van der Waals surface area contributed by atoms with Crippen molar-refractivity contribution < 1.29 is 14.6 Å². The molecule has 1 aromatic carbocycles. The van der Waals surface area contributed by atoms with Crippen LogP contribution in [0.3, 0.4) is 0 Å². The number of nitrogens with zero attached hydrogens (tertiary/aromatic N) is 2. The van der Waals surface area contributed by atoms with E-state index in [9.17, 15) is 9.90 Å². The van der Waals surface area contributed by atoms with Gasteiger partial charge in [-0.3, -0.25) is 4.79 Å². The topological polar surface area (TPSA) is 65.0 Å². The van der Waals surface area contributed by atoms with Crippen LogP contribution in [0.2, 0.25) is 0 Å². The number of carbonyl (C=O) groups is 1. The van der Waals surface area contributed by atoms with Gasteiger partial charge >= 0.3 is 0 Å². The van der Waals surface area contributed by atoms with E-state index >= 15 is 0 Å². The van der Waals surface area contributed by atoms with Crippen LogP contribution >= 0.6 is 0 Å². The highest BCUT2D eigenvalue weighted by Crippen LogP contribution is 2.63. The normalized spacial score (nSPS) is 32.9. The first-order valence-electron chi connectivity index (χ1n) is 13.1. The minimum absolute atomic E-state index is 0.0390. The number of ether oxygens (including phenoxy) is 1. The molecule has 1 amide bonds. The van der Waals surface area contributed by atoms with Crippen molar-refractivity contribution in [1.82, 2.24) is 10.2 Å². The second-order valence-electron chi connectivity index (χ2n) is 12.2. The van der Waals surface area contributed by atoms with Gasteiger partial charge < -0.3 is 25.0 Å². The summed E-state index contributed by atoms with van der Waals surface area (Å²) < 4.78 is 5.44. The molecule has 1 heterocycles. The second-order valence-corrected chi connectivity index (χ2v) is 12.2. The number of hydrogen-bond donors (Lipinski definition) is 2. The second kappa shape index (κ2) is 9.79. The summed E-state index contributed by atoms with van der Waals surface area (Å²) in [5, 5.41) is 14.9. The number of anilines is 1. The molecule has 1 aliphatic heterocycles. The Labute approximate surface area is 206 Å². The third kappa shape index (κ3) is 5.29. The minimum atomic E-state index is -0.615. The van der Waals surface area contributed by atoms with Gasteiger partial charge in [0.25, 0.3) is 0 Å². The van der Waals surface area contributed by atoms with Gasteiger partial charge in [0, 0.05) is 51.9 Å². The number of morpholine rings is 1. The van der Waals surface area contributed by atoms with Crippen LogP contribution in [0.25, 0.3) is 0 Å². The first kappa shape index (κ1) is 25.5. The van der Waals surface area contributed by atoms with Crippen LogP contribution in [0.4, 0.5) is 5.69 Å². The maximum Gasteiger partial charge on any atom is 0.222 e. The van der Waals surface area contributed by atoms with Crippen molar-refractivity contribution in [2.45, 2.75) is 77.5 Å². The Morgan fingerprint density at radius 2 is 1.79 bits per heavy atom. The van der Waals surface area contributed by atoms with E-state index < -0.39 is 5.60 Å². The van der Waals surface area contributed by atoms with Crippen LogP contribution in [0.15, 0.2) is 24.3 Å². The molecule has 190 valence electrons. The summed E-state index contributed by atoms with van der Waals surface area (Å²) in [5.74, 6) is 0.659. The van der Waals surface area contributed by atoms with E-state index in [-0.39, 0.29) is 16.7 Å². The number of aliphatic hydroxyl groups is 1. The standard InChI is InChI=1S/C28H45N3O3/c1-26(2)19-24(29-20-21-6-8-22(9-7-21)30(4)5)28(13-12-27(3,33)18-23(26)28)11-10-25(32)31-14-16-34-17-15-31/h6-9,23-24,29,33H,10-20H2,1-5H3/t23-,24-,27-,28-/m0/s1. The van der Waals surface area contributed by atoms with E-state index in [0.717, 1.165) is 38.6 Å². The minimum Gasteiger partial charge on any atom is -0.390 e. The molecule has 6 heteroatoms. The highest BCUT2D eigenvalue weighted by Gasteiger charge is 2.61. The van der Waals surface area contributed by atoms with Gasteiger partial charge in [-0.2, -0.15) is 0 Å². The molecular weight excluding hydrogens is 426 g/mol. The SMILES string of the molecule is CN(C)c1ccc(CN[C@H]2CC(C)(C)[C@@H]3C[C@@](C)(O)CC[C@]23CCC(=O)N2CCOCC2)cc1. The van der Waals surface area contributed by atoms with Crippen LogP contribution in [-0.2, 0) is 16.1 Å². The molecule has 4 atom stereocenters. The van der Waals surface area contributed by atoms with Crippen LogP contribution in [0, 0.1) is 16.7 Å². The van der Waals surface area contributed by atoms with E-state index in [0.29, 0.717) is 44.7 Å². The predicted molar refractivity (Wildman–Crippen MR) is 137 cm³/mol. The fraction of sp³-hybridized carbons (Fsp3) is 0.750. The number of carbonyl (C=O) groups excluding carboxylic acids is 1. The number of hydrogen-bond acceptors (Lipinski definition) is 5. The van der Waals surface area contributed by atoms with Crippen LogP contribution in [0.1, 0.15) is 64.9 Å². The molecule has 1 aromatic rings. The smallest absolute Gasteiger partial charge is 0.222 e. The Morgan fingerprint density at radius 1 is 1.12 bits per heavy atom. The molecule has 0 radical (unpaired) electrons. The lowest BCUT2D eigenvalue weighted by atomic mass is 9.57. The zero-order chi connectivity index (χ0) is 24.6. The molecule has 1 saturated heterocycles. The molecule has 3 fully saturated rings. The molecule has 2 aliphatic carbocycles. The Kier molecular flexibility index (Phi) is 7.33. The molecule has 0 bridgehead atoms. The zero-order valence-electron chi connectivity index (χ0n) is 21.9. The molecule has 2 N–H and O–H groups in total. The Bertz CT molecular complexity index is 845. The number of amides is 1. The van der Waals surface area contributed by atoms with E-state index in [4.69, 9.17) is 4.74 Å². The van der Waals surface area contributed by atoms with Gasteiger partial charge in [-0.1, -0.05) is 26.0 Å². The van der Waals surface area contributed by atoms with Crippen molar-refractivity contribution in [2.24, 2.45) is 16.7 Å². The maximum absolute atomic E-state index is 13.1. The van der Waals surface area contributed by atoms with Gasteiger partial charge in [0.15, 0.2) is 0 Å². The van der Waals surface area contributed by atoms with Crippen LogP contribution < -0.4 is 10.2 Å². The predicted octanol–water partition coefficient (Wildman–Crippen LogP) is 3.82. The molecule has 0 unspecified atom stereocenters. The number of fused-ring (bicyclic) bond motifs is 1. The van der Waals surface area contributed by atoms with Crippen molar-refractivity contribution in [1.29, 1.82) is 0 Å². The van der Waals surface area contributed by atoms with Crippen molar-refractivity contribution in [3.63, 3.8) is 0 Å². The monoisotopic (exact) mass is 471 g/mol. The zero-order valence-corrected chi connectivity index (χ0v) is 21.9. The lowest BCUT2D eigenvalue weighted by Gasteiger charge is -2.51. The van der Waals surface area contributed by atoms with E-state index in [2.05, 4.69) is 62.4 Å². The lowest BCUT2D eigenvalue weighted by molar-refractivity contribution is -0.137. The van der Waals surface area contributed by atoms with Gasteiger partial charge in [-0.15, -0.1) is 0 Å². The van der Waals surface area contributed by atoms with Crippen molar-refractivity contribution in [2.75, 3.05) is 45.3 Å². The highest BCUT2D eigenvalue weighted by atomic mass is 16.5. The number of rotatable bonds is 7. The molecule has 2 saturated carbocycles. The summed E-state index contributed by atoms with van der Waals surface area (Å²) in [4.78, 5) is 17.2. The number of benzene rings is 1. The van der Waals surface area contributed by atoms with Crippen molar-refractivity contribution in [3.8, 4) is 0 Å². The lowest BCUT2D eigenvalue weighted by Crippen LogP contribution is -2.51. The summed E-state index contributed by atoms with van der Waals surface area (Å²) in [7, 11) is 4.13. The Hall–Kier alpha value is -1.63. The first-order valence-corrected chi connectivity index (χ1v) is 13.1. The van der Waals surface area contributed by atoms with Gasteiger partial charge in [-0.05, 0) is 73.5 Å². The summed E-state index contributed by atoms with van der Waals surface area (Å²) in [6.07, 6.45) is 5.16. The largest absolute Gasteiger partial charge is 0.390 e. The molecule has 0 spiro atoms. The van der Waals surface area contributed by atoms with Gasteiger partial charge in [0.2, 0.25) is 5.91 Å². The fourth-order valence-corrected chi connectivity index (χ4v) is 6.98. The summed E-state index contributed by atoms with van der Waals surface area (Å²) in [5.41, 5.74) is 2.04. The average molecular weight is 472 g/mol. The third-order valence-electron chi connectivity index (χ3n) is 9.01. The summed E-state index contributed by atoms with van der Waals surface area (Å²) in [6, 6.07) is 9.11. The van der Waals surface area contributed by atoms with Crippen LogP contribution in [-0.4, -0.2) is 68.0 Å². The highest BCUT2D eigenvalue weighted by molar-refractivity contribution is 5.76. The quantitative estimate of drug-likeness (QED) is 0.633. The molecular formula is C28H45N3O3. The van der Waals surface area contributed by atoms with Gasteiger partial charge in [0.05, 0.1) is 18.8 Å². The molecule has 34 heavy (non-hydrogen) atoms. The molecule has 0 aromatic heterocycles. The van der Waals surface area contributed by atoms with E-state index in [1.54, 1.807) is 0 Å². The van der Waals surface area contributed by atoms with Crippen molar-refractivity contribution in [3.05, 3.63) is 29.8 Å². The maximum atomic E-state index is 13.1. The van der Waals surface area contributed by atoms with E-state index in [1.165, 1.54) is 11.3 Å². The Morgan fingerprint density at radius 3 is 2.44 bits per heavy atom. The Balaban J connectivity index is 1.51. The van der Waals surface area contributed by atoms with Crippen LogP contribution in [0.5, 0.6) is 0 Å². The van der Waals surface area contributed by atoms with Gasteiger partial charge in [-0.25, -0.2) is 0 Å². The number of nitrogens with one attached hydrogen (secondary N) is 1. The summed E-state index contributed by atoms with van der Waals surface area (Å²) >= 11 is 0. The van der Waals surface area contributed by atoms with Gasteiger partial charge in [0.1, 0.15) is 0 Å². The first-order chi connectivity index (χ1) is 16.0. The summed E-state index contributed by atoms with van der Waals surface area (Å²) in [6.45, 7) is 10.3. The average Bonchev–Trinajstić information content (AvgIpc) is 3.02. The third-order valence-corrected chi connectivity index (χ3v) is 9.01. The van der Waals surface area contributed by atoms with E-state index in [1.807, 2.05) is 11.8 Å². The molecule has 4 rings (SSSR count). The molecule has 6 nitrogen and oxygen atoms in total. The fourth-order valence-electron chi connectivity index (χ4n) is 6.98. The van der Waals surface area contributed by atoms with Crippen molar-refractivity contribution >= 4 is 11.6 Å².